The van der Waals surface area contributed by atoms with Gasteiger partial charge in [0.25, 0.3) is 0 Å². The standard InChI is InChI=1S/C10H20ClN3O.ClH/c1-12(2)9-10(15)14-7-5-13(4-3-11)6-8-14;/h3-9H2,1-2H3;1H. The second kappa shape index (κ2) is 8.12. The van der Waals surface area contributed by atoms with Crippen LogP contribution in [0.25, 0.3) is 0 Å². The Morgan fingerprint density at radius 2 is 1.81 bits per heavy atom. The molecular formula is C10H21Cl2N3O. The van der Waals surface area contributed by atoms with E-state index in [-0.39, 0.29) is 18.3 Å². The monoisotopic (exact) mass is 269 g/mol. The lowest BCUT2D eigenvalue weighted by molar-refractivity contribution is -0.133. The predicted molar refractivity (Wildman–Crippen MR) is 69.5 cm³/mol. The van der Waals surface area contributed by atoms with Crippen LogP contribution in [0.15, 0.2) is 0 Å². The minimum Gasteiger partial charge on any atom is -0.339 e. The Hall–Kier alpha value is -0.0300. The maximum atomic E-state index is 11.7. The van der Waals surface area contributed by atoms with Gasteiger partial charge in [-0.3, -0.25) is 9.69 Å². The smallest absolute Gasteiger partial charge is 0.236 e. The van der Waals surface area contributed by atoms with Gasteiger partial charge in [-0.1, -0.05) is 0 Å². The Bertz CT molecular complexity index is 206. The van der Waals surface area contributed by atoms with Gasteiger partial charge in [-0.2, -0.15) is 0 Å². The maximum Gasteiger partial charge on any atom is 0.236 e. The second-order valence-electron chi connectivity index (χ2n) is 4.15. The van der Waals surface area contributed by atoms with Crippen molar-refractivity contribution in [1.82, 2.24) is 14.7 Å². The Labute approximate surface area is 109 Å². The Kier molecular flexibility index (Phi) is 8.10. The number of hydrogen-bond acceptors (Lipinski definition) is 3. The van der Waals surface area contributed by atoms with Crippen molar-refractivity contribution >= 4 is 29.9 Å². The third-order valence-corrected chi connectivity index (χ3v) is 2.75. The summed E-state index contributed by atoms with van der Waals surface area (Å²) in [4.78, 5) is 17.9. The molecule has 0 unspecified atom stereocenters. The van der Waals surface area contributed by atoms with Crippen LogP contribution in [0.4, 0.5) is 0 Å². The highest BCUT2D eigenvalue weighted by Gasteiger charge is 2.20. The van der Waals surface area contributed by atoms with Crippen molar-refractivity contribution in [2.24, 2.45) is 0 Å². The fourth-order valence-corrected chi connectivity index (χ4v) is 1.95. The van der Waals surface area contributed by atoms with Crippen molar-refractivity contribution in [3.8, 4) is 0 Å². The summed E-state index contributed by atoms with van der Waals surface area (Å²) in [5.74, 6) is 0.900. The maximum absolute atomic E-state index is 11.7. The molecule has 0 atom stereocenters. The van der Waals surface area contributed by atoms with Gasteiger partial charge in [-0.05, 0) is 14.1 Å². The molecule has 0 radical (unpaired) electrons. The molecule has 4 nitrogen and oxygen atoms in total. The Morgan fingerprint density at radius 1 is 1.25 bits per heavy atom. The number of carbonyl (C=O) groups excluding carboxylic acids is 1. The molecule has 1 fully saturated rings. The molecule has 0 spiro atoms. The van der Waals surface area contributed by atoms with E-state index in [1.54, 1.807) is 0 Å². The molecule has 96 valence electrons. The van der Waals surface area contributed by atoms with Crippen molar-refractivity contribution in [3.63, 3.8) is 0 Å². The first-order valence-electron chi connectivity index (χ1n) is 5.34. The summed E-state index contributed by atoms with van der Waals surface area (Å²) in [5, 5.41) is 0. The summed E-state index contributed by atoms with van der Waals surface area (Å²) in [7, 11) is 3.84. The van der Waals surface area contributed by atoms with E-state index in [0.717, 1.165) is 32.7 Å². The molecule has 0 bridgehead atoms. The van der Waals surface area contributed by atoms with Crippen LogP contribution < -0.4 is 0 Å². The van der Waals surface area contributed by atoms with Crippen LogP contribution >= 0.6 is 24.0 Å². The molecule has 0 aromatic carbocycles. The van der Waals surface area contributed by atoms with E-state index >= 15 is 0 Å². The largest absolute Gasteiger partial charge is 0.339 e. The number of rotatable bonds is 4. The number of nitrogens with zero attached hydrogens (tertiary/aromatic N) is 3. The fraction of sp³-hybridized carbons (Fsp3) is 0.900. The third-order valence-electron chi connectivity index (χ3n) is 2.58. The molecule has 1 amide bonds. The summed E-state index contributed by atoms with van der Waals surface area (Å²) >= 11 is 5.67. The number of halogens is 2. The number of likely N-dealkylation sites (N-methyl/N-ethyl adjacent to an activating group) is 1. The molecule has 1 aliphatic rings. The summed E-state index contributed by atoms with van der Waals surface area (Å²) in [6.45, 7) is 5.01. The Morgan fingerprint density at radius 3 is 2.25 bits per heavy atom. The first-order chi connectivity index (χ1) is 7.13. The molecule has 1 heterocycles. The van der Waals surface area contributed by atoms with Crippen LogP contribution in [0.2, 0.25) is 0 Å². The van der Waals surface area contributed by atoms with Crippen LogP contribution in [-0.4, -0.2) is 79.9 Å². The molecule has 0 N–H and O–H groups in total. The zero-order valence-electron chi connectivity index (χ0n) is 9.99. The van der Waals surface area contributed by atoms with E-state index in [4.69, 9.17) is 11.6 Å². The SMILES string of the molecule is CN(C)CC(=O)N1CCN(CCCl)CC1.Cl. The lowest BCUT2D eigenvalue weighted by Gasteiger charge is -2.34. The first-order valence-corrected chi connectivity index (χ1v) is 5.87. The number of carbonyl (C=O) groups is 1. The van der Waals surface area contributed by atoms with Crippen LogP contribution in [0, 0.1) is 0 Å². The molecule has 0 aliphatic carbocycles. The van der Waals surface area contributed by atoms with Gasteiger partial charge in [-0.25, -0.2) is 0 Å². The van der Waals surface area contributed by atoms with E-state index in [0.29, 0.717) is 12.4 Å². The zero-order chi connectivity index (χ0) is 11.3. The van der Waals surface area contributed by atoms with Crippen LogP contribution in [-0.2, 0) is 4.79 Å². The van der Waals surface area contributed by atoms with Gasteiger partial charge in [0, 0.05) is 38.6 Å². The summed E-state index contributed by atoms with van der Waals surface area (Å²) < 4.78 is 0. The van der Waals surface area contributed by atoms with Crippen molar-refractivity contribution in [2.45, 2.75) is 0 Å². The van der Waals surface area contributed by atoms with Gasteiger partial charge in [-0.15, -0.1) is 24.0 Å². The van der Waals surface area contributed by atoms with Crippen LogP contribution in [0.3, 0.4) is 0 Å². The molecule has 16 heavy (non-hydrogen) atoms. The molecule has 1 aliphatic heterocycles. The predicted octanol–water partition coefficient (Wildman–Crippen LogP) is 0.353. The molecule has 0 saturated carbocycles. The number of amides is 1. The van der Waals surface area contributed by atoms with Gasteiger partial charge in [0.2, 0.25) is 5.91 Å². The highest BCUT2D eigenvalue weighted by atomic mass is 35.5. The van der Waals surface area contributed by atoms with Gasteiger partial charge in [0.05, 0.1) is 6.54 Å². The van der Waals surface area contributed by atoms with Gasteiger partial charge < -0.3 is 9.80 Å². The molecule has 0 aromatic heterocycles. The first kappa shape index (κ1) is 16.0. The molecular weight excluding hydrogens is 249 g/mol. The Balaban J connectivity index is 0.00000225. The minimum atomic E-state index is 0. The topological polar surface area (TPSA) is 26.8 Å². The highest BCUT2D eigenvalue weighted by molar-refractivity contribution is 6.18. The number of alkyl halides is 1. The van der Waals surface area contributed by atoms with Crippen molar-refractivity contribution in [3.05, 3.63) is 0 Å². The summed E-state index contributed by atoms with van der Waals surface area (Å²) in [6.07, 6.45) is 0. The van der Waals surface area contributed by atoms with Crippen LogP contribution in [0.1, 0.15) is 0 Å². The lowest BCUT2D eigenvalue weighted by atomic mass is 10.3. The zero-order valence-corrected chi connectivity index (χ0v) is 11.6. The van der Waals surface area contributed by atoms with E-state index in [1.165, 1.54) is 0 Å². The van der Waals surface area contributed by atoms with E-state index < -0.39 is 0 Å². The molecule has 1 saturated heterocycles. The summed E-state index contributed by atoms with van der Waals surface area (Å²) in [6, 6.07) is 0. The van der Waals surface area contributed by atoms with E-state index in [9.17, 15) is 4.79 Å². The van der Waals surface area contributed by atoms with Gasteiger partial charge >= 0.3 is 0 Å². The normalized spacial score (nSPS) is 17.4. The average Bonchev–Trinajstić information content (AvgIpc) is 2.18. The van der Waals surface area contributed by atoms with E-state index in [2.05, 4.69) is 4.90 Å². The average molecular weight is 270 g/mol. The second-order valence-corrected chi connectivity index (χ2v) is 4.53. The van der Waals surface area contributed by atoms with Crippen LogP contribution in [0.5, 0.6) is 0 Å². The van der Waals surface area contributed by atoms with Gasteiger partial charge in [0.15, 0.2) is 0 Å². The fourth-order valence-electron chi connectivity index (χ4n) is 1.71. The number of piperazine rings is 1. The molecule has 1 rings (SSSR count). The lowest BCUT2D eigenvalue weighted by Crippen LogP contribution is -2.50. The third kappa shape index (κ3) is 5.34. The minimum absolute atomic E-state index is 0. The van der Waals surface area contributed by atoms with Crippen molar-refractivity contribution in [2.75, 3.05) is 59.2 Å². The van der Waals surface area contributed by atoms with E-state index in [1.807, 2.05) is 23.9 Å². The summed E-state index contributed by atoms with van der Waals surface area (Å²) in [5.41, 5.74) is 0. The van der Waals surface area contributed by atoms with Crippen molar-refractivity contribution < 1.29 is 4.79 Å². The van der Waals surface area contributed by atoms with Gasteiger partial charge in [0.1, 0.15) is 0 Å². The quantitative estimate of drug-likeness (QED) is 0.690. The molecule has 0 aromatic rings. The highest BCUT2D eigenvalue weighted by Crippen LogP contribution is 2.02. The van der Waals surface area contributed by atoms with Crippen molar-refractivity contribution in [1.29, 1.82) is 0 Å². The number of hydrogen-bond donors (Lipinski definition) is 0. The molecule has 6 heteroatoms.